The minimum atomic E-state index is -0.136. The molecule has 0 radical (unpaired) electrons. The number of carbonyl (C=O) groups excluding carboxylic acids is 1. The van der Waals surface area contributed by atoms with Gasteiger partial charge < -0.3 is 14.8 Å². The van der Waals surface area contributed by atoms with Crippen molar-refractivity contribution in [2.75, 3.05) is 20.8 Å². The van der Waals surface area contributed by atoms with Crippen LogP contribution in [-0.4, -0.2) is 26.7 Å². The van der Waals surface area contributed by atoms with E-state index < -0.39 is 0 Å². The van der Waals surface area contributed by atoms with Gasteiger partial charge in [-0.15, -0.1) is 0 Å². The monoisotopic (exact) mass is 325 g/mol. The fraction of sp³-hybridized carbons (Fsp3) is 0.250. The van der Waals surface area contributed by atoms with E-state index in [2.05, 4.69) is 24.4 Å². The zero-order valence-electron chi connectivity index (χ0n) is 14.3. The average Bonchev–Trinajstić information content (AvgIpc) is 2.64. The lowest BCUT2D eigenvalue weighted by Crippen LogP contribution is -2.25. The first-order chi connectivity index (χ1) is 11.7. The summed E-state index contributed by atoms with van der Waals surface area (Å²) >= 11 is 0. The Morgan fingerprint density at radius 1 is 1.08 bits per heavy atom. The van der Waals surface area contributed by atoms with Crippen molar-refractivity contribution in [1.29, 1.82) is 0 Å². The third-order valence-electron chi connectivity index (χ3n) is 3.80. The van der Waals surface area contributed by atoms with Gasteiger partial charge in [-0.25, -0.2) is 0 Å². The van der Waals surface area contributed by atoms with Gasteiger partial charge in [-0.1, -0.05) is 49.4 Å². The number of hydrogen-bond donors (Lipinski definition) is 1. The Kier molecular flexibility index (Phi) is 6.43. The molecule has 0 spiro atoms. The van der Waals surface area contributed by atoms with Gasteiger partial charge in [0.2, 0.25) is 5.91 Å². The number of ether oxygens (including phenoxy) is 2. The fourth-order valence-electron chi connectivity index (χ4n) is 2.42. The van der Waals surface area contributed by atoms with Crippen LogP contribution in [0.4, 0.5) is 0 Å². The quantitative estimate of drug-likeness (QED) is 0.791. The molecular weight excluding hydrogens is 302 g/mol. The summed E-state index contributed by atoms with van der Waals surface area (Å²) in [4.78, 5) is 12.0. The van der Waals surface area contributed by atoms with Crippen molar-refractivity contribution < 1.29 is 14.3 Å². The number of hydrogen-bond acceptors (Lipinski definition) is 3. The molecule has 0 heterocycles. The highest BCUT2D eigenvalue weighted by atomic mass is 16.5. The molecule has 1 amide bonds. The summed E-state index contributed by atoms with van der Waals surface area (Å²) in [6.45, 7) is 2.67. The van der Waals surface area contributed by atoms with Crippen LogP contribution in [0.25, 0.3) is 6.08 Å². The van der Waals surface area contributed by atoms with E-state index in [1.807, 2.05) is 36.4 Å². The van der Waals surface area contributed by atoms with Gasteiger partial charge >= 0.3 is 0 Å². The molecule has 0 saturated heterocycles. The molecule has 4 heteroatoms. The van der Waals surface area contributed by atoms with Crippen LogP contribution in [0, 0.1) is 0 Å². The first kappa shape index (κ1) is 17.6. The fourth-order valence-corrected chi connectivity index (χ4v) is 2.42. The zero-order valence-corrected chi connectivity index (χ0v) is 14.3. The number of methoxy groups -OCH3 is 2. The summed E-state index contributed by atoms with van der Waals surface area (Å²) in [5.74, 6) is 1.37. The molecule has 0 aliphatic rings. The van der Waals surface area contributed by atoms with E-state index in [0.717, 1.165) is 5.56 Å². The summed E-state index contributed by atoms with van der Waals surface area (Å²) in [6, 6.07) is 15.7. The topological polar surface area (TPSA) is 47.6 Å². The molecule has 0 bridgehead atoms. The lowest BCUT2D eigenvalue weighted by molar-refractivity contribution is -0.116. The number of rotatable bonds is 7. The highest BCUT2D eigenvalue weighted by molar-refractivity contribution is 5.92. The van der Waals surface area contributed by atoms with Crippen LogP contribution >= 0.6 is 0 Å². The number of amides is 1. The number of benzene rings is 2. The van der Waals surface area contributed by atoms with E-state index in [4.69, 9.17) is 9.47 Å². The minimum absolute atomic E-state index is 0.136. The second kappa shape index (κ2) is 8.77. The van der Waals surface area contributed by atoms with Crippen molar-refractivity contribution >= 4 is 12.0 Å². The van der Waals surface area contributed by atoms with Crippen molar-refractivity contribution in [3.05, 3.63) is 65.7 Å². The number of carbonyl (C=O) groups is 1. The Labute approximate surface area is 143 Å². The Morgan fingerprint density at radius 3 is 2.50 bits per heavy atom. The summed E-state index contributed by atoms with van der Waals surface area (Å²) in [5, 5.41) is 2.92. The van der Waals surface area contributed by atoms with Gasteiger partial charge in [-0.3, -0.25) is 4.79 Å². The Morgan fingerprint density at radius 2 is 1.83 bits per heavy atom. The van der Waals surface area contributed by atoms with Gasteiger partial charge in [0.15, 0.2) is 11.5 Å². The molecule has 2 aromatic carbocycles. The Hall–Kier alpha value is -2.75. The first-order valence-electron chi connectivity index (χ1n) is 7.87. The lowest BCUT2D eigenvalue weighted by atomic mass is 10.0. The molecular formula is C20H23NO3. The number of para-hydroxylation sites is 1. The maximum absolute atomic E-state index is 12.0. The standard InChI is InChI=1S/C20H23NO3/c1-15(16-8-5-4-6-9-16)14-21-19(22)13-12-17-10-7-11-18(23-2)20(17)24-3/h4-13,15H,14H2,1-3H3,(H,21,22)/b13-12+/t15-/m1/s1. The predicted molar refractivity (Wildman–Crippen MR) is 96.4 cm³/mol. The summed E-state index contributed by atoms with van der Waals surface area (Å²) < 4.78 is 10.6. The van der Waals surface area contributed by atoms with Crippen molar-refractivity contribution in [1.82, 2.24) is 5.32 Å². The molecule has 1 N–H and O–H groups in total. The van der Waals surface area contributed by atoms with Gasteiger partial charge in [-0.2, -0.15) is 0 Å². The first-order valence-corrected chi connectivity index (χ1v) is 7.87. The molecule has 2 aromatic rings. The van der Waals surface area contributed by atoms with Gasteiger partial charge in [-0.05, 0) is 23.6 Å². The largest absolute Gasteiger partial charge is 0.493 e. The molecule has 126 valence electrons. The van der Waals surface area contributed by atoms with Crippen LogP contribution in [0.15, 0.2) is 54.6 Å². The molecule has 0 aliphatic heterocycles. The Balaban J connectivity index is 1.96. The molecule has 0 saturated carbocycles. The smallest absolute Gasteiger partial charge is 0.244 e. The van der Waals surface area contributed by atoms with Crippen LogP contribution in [0.3, 0.4) is 0 Å². The summed E-state index contributed by atoms with van der Waals surface area (Å²) in [5.41, 5.74) is 2.00. The highest BCUT2D eigenvalue weighted by Crippen LogP contribution is 2.31. The van der Waals surface area contributed by atoms with Crippen molar-refractivity contribution in [3.8, 4) is 11.5 Å². The van der Waals surface area contributed by atoms with Gasteiger partial charge in [0, 0.05) is 18.2 Å². The maximum Gasteiger partial charge on any atom is 0.244 e. The second-order valence-electron chi connectivity index (χ2n) is 5.47. The Bertz CT molecular complexity index is 695. The van der Waals surface area contributed by atoms with Gasteiger partial charge in [0.05, 0.1) is 14.2 Å². The van der Waals surface area contributed by atoms with Gasteiger partial charge in [0.25, 0.3) is 0 Å². The van der Waals surface area contributed by atoms with Crippen molar-refractivity contribution in [3.63, 3.8) is 0 Å². The normalized spacial score (nSPS) is 12.0. The molecule has 2 rings (SSSR count). The molecule has 1 atom stereocenters. The van der Waals surface area contributed by atoms with Crippen LogP contribution in [-0.2, 0) is 4.79 Å². The molecule has 0 fully saturated rings. The van der Waals surface area contributed by atoms with E-state index in [1.165, 1.54) is 11.6 Å². The van der Waals surface area contributed by atoms with Crippen LogP contribution in [0.2, 0.25) is 0 Å². The van der Waals surface area contributed by atoms with E-state index in [-0.39, 0.29) is 11.8 Å². The lowest BCUT2D eigenvalue weighted by Gasteiger charge is -2.12. The zero-order chi connectivity index (χ0) is 17.4. The molecule has 0 aliphatic carbocycles. The van der Waals surface area contributed by atoms with E-state index in [9.17, 15) is 4.79 Å². The molecule has 4 nitrogen and oxygen atoms in total. The minimum Gasteiger partial charge on any atom is -0.493 e. The van der Waals surface area contributed by atoms with E-state index in [0.29, 0.717) is 18.0 Å². The molecule has 24 heavy (non-hydrogen) atoms. The van der Waals surface area contributed by atoms with Crippen LogP contribution < -0.4 is 14.8 Å². The van der Waals surface area contributed by atoms with Crippen molar-refractivity contribution in [2.24, 2.45) is 0 Å². The average molecular weight is 325 g/mol. The van der Waals surface area contributed by atoms with E-state index >= 15 is 0 Å². The summed E-state index contributed by atoms with van der Waals surface area (Å²) in [7, 11) is 3.17. The van der Waals surface area contributed by atoms with Crippen LogP contribution in [0.1, 0.15) is 24.0 Å². The van der Waals surface area contributed by atoms with E-state index in [1.54, 1.807) is 20.3 Å². The third-order valence-corrected chi connectivity index (χ3v) is 3.80. The van der Waals surface area contributed by atoms with Crippen molar-refractivity contribution in [2.45, 2.75) is 12.8 Å². The highest BCUT2D eigenvalue weighted by Gasteiger charge is 2.08. The number of nitrogens with one attached hydrogen (secondary N) is 1. The summed E-state index contributed by atoms with van der Waals surface area (Å²) in [6.07, 6.45) is 3.23. The van der Waals surface area contributed by atoms with Crippen LogP contribution in [0.5, 0.6) is 11.5 Å². The SMILES string of the molecule is COc1cccc(/C=C/C(=O)NC[C@@H](C)c2ccccc2)c1OC. The predicted octanol–water partition coefficient (Wildman–Crippen LogP) is 3.64. The molecule has 0 aromatic heterocycles. The second-order valence-corrected chi connectivity index (χ2v) is 5.47. The molecule has 0 unspecified atom stereocenters. The maximum atomic E-state index is 12.0. The van der Waals surface area contributed by atoms with Gasteiger partial charge in [0.1, 0.15) is 0 Å². The third kappa shape index (κ3) is 4.62.